The topological polar surface area (TPSA) is 43.2 Å². The zero-order valence-corrected chi connectivity index (χ0v) is 13.2. The zero-order valence-electron chi connectivity index (χ0n) is 13.2. The minimum absolute atomic E-state index is 0.661. The molecule has 3 heterocycles. The highest BCUT2D eigenvalue weighted by molar-refractivity contribution is 5.28. The van der Waals surface area contributed by atoms with Crippen molar-refractivity contribution in [2.45, 2.75) is 26.3 Å². The van der Waals surface area contributed by atoms with Crippen LogP contribution < -0.4 is 4.74 Å². The third kappa shape index (κ3) is 4.07. The quantitative estimate of drug-likeness (QED) is 0.821. The van der Waals surface area contributed by atoms with Gasteiger partial charge in [0.2, 0.25) is 0 Å². The fraction of sp³-hybridized carbons (Fsp3) is 0.529. The van der Waals surface area contributed by atoms with E-state index in [0.29, 0.717) is 5.92 Å². The van der Waals surface area contributed by atoms with Crippen LogP contribution in [0.15, 0.2) is 36.9 Å². The summed E-state index contributed by atoms with van der Waals surface area (Å²) in [5, 5.41) is 4.25. The van der Waals surface area contributed by atoms with Gasteiger partial charge >= 0.3 is 0 Å². The van der Waals surface area contributed by atoms with Gasteiger partial charge in [-0.1, -0.05) is 0 Å². The summed E-state index contributed by atoms with van der Waals surface area (Å²) in [6.45, 7) is 7.23. The second kappa shape index (κ2) is 7.40. The number of pyridine rings is 1. The monoisotopic (exact) mass is 300 g/mol. The standard InChI is InChI=1S/C17H24N4O/c1-15-13-18-7-3-17(15)22-14-16-4-9-20(10-5-16)11-12-21-8-2-6-19-21/h2-3,6-8,13,16H,4-5,9-12,14H2,1H3. The third-order valence-corrected chi connectivity index (χ3v) is 4.36. The SMILES string of the molecule is Cc1cnccc1OCC1CCN(CCn2cccn2)CC1. The lowest BCUT2D eigenvalue weighted by atomic mass is 9.98. The highest BCUT2D eigenvalue weighted by atomic mass is 16.5. The summed E-state index contributed by atoms with van der Waals surface area (Å²) in [7, 11) is 0. The number of aryl methyl sites for hydroxylation is 1. The largest absolute Gasteiger partial charge is 0.493 e. The van der Waals surface area contributed by atoms with Crippen LogP contribution in [0.2, 0.25) is 0 Å². The van der Waals surface area contributed by atoms with Crippen LogP contribution in [0, 0.1) is 12.8 Å². The lowest BCUT2D eigenvalue weighted by Crippen LogP contribution is -2.37. The Kier molecular flexibility index (Phi) is 5.06. The van der Waals surface area contributed by atoms with Gasteiger partial charge in [0.05, 0.1) is 13.2 Å². The number of nitrogens with zero attached hydrogens (tertiary/aromatic N) is 4. The molecule has 3 rings (SSSR count). The Labute approximate surface area is 131 Å². The Balaban J connectivity index is 1.37. The fourth-order valence-electron chi connectivity index (χ4n) is 2.88. The Morgan fingerprint density at radius 3 is 2.82 bits per heavy atom. The molecule has 2 aromatic rings. The molecule has 1 fully saturated rings. The molecular formula is C17H24N4O. The minimum Gasteiger partial charge on any atom is -0.493 e. The van der Waals surface area contributed by atoms with E-state index < -0.39 is 0 Å². The van der Waals surface area contributed by atoms with Gasteiger partial charge in [0.15, 0.2) is 0 Å². The lowest BCUT2D eigenvalue weighted by molar-refractivity contribution is 0.137. The van der Waals surface area contributed by atoms with E-state index >= 15 is 0 Å². The molecular weight excluding hydrogens is 276 g/mol. The third-order valence-electron chi connectivity index (χ3n) is 4.36. The van der Waals surface area contributed by atoms with Crippen LogP contribution in [0.3, 0.4) is 0 Å². The summed E-state index contributed by atoms with van der Waals surface area (Å²) >= 11 is 0. The Morgan fingerprint density at radius 2 is 2.09 bits per heavy atom. The molecule has 0 spiro atoms. The number of rotatable bonds is 6. The van der Waals surface area contributed by atoms with Gasteiger partial charge in [0.25, 0.3) is 0 Å². The number of aromatic nitrogens is 3. The second-order valence-electron chi connectivity index (χ2n) is 6.01. The summed E-state index contributed by atoms with van der Waals surface area (Å²) < 4.78 is 7.96. The van der Waals surface area contributed by atoms with Gasteiger partial charge in [-0.05, 0) is 50.9 Å². The normalized spacial score (nSPS) is 16.8. The number of hydrogen-bond donors (Lipinski definition) is 0. The predicted molar refractivity (Wildman–Crippen MR) is 85.9 cm³/mol. The first kappa shape index (κ1) is 15.0. The van der Waals surface area contributed by atoms with Crippen LogP contribution in [-0.2, 0) is 6.54 Å². The van der Waals surface area contributed by atoms with E-state index in [1.807, 2.05) is 42.3 Å². The smallest absolute Gasteiger partial charge is 0.125 e. The molecule has 0 aromatic carbocycles. The number of likely N-dealkylation sites (tertiary alicyclic amines) is 1. The fourth-order valence-corrected chi connectivity index (χ4v) is 2.88. The summed E-state index contributed by atoms with van der Waals surface area (Å²) in [6, 6.07) is 3.93. The summed E-state index contributed by atoms with van der Waals surface area (Å²) in [6.07, 6.45) is 9.93. The second-order valence-corrected chi connectivity index (χ2v) is 6.01. The Hall–Kier alpha value is -1.88. The molecule has 0 amide bonds. The van der Waals surface area contributed by atoms with Crippen LogP contribution in [0.1, 0.15) is 18.4 Å². The van der Waals surface area contributed by atoms with Crippen molar-refractivity contribution in [1.29, 1.82) is 0 Å². The average molecular weight is 300 g/mol. The summed E-state index contributed by atoms with van der Waals surface area (Å²) in [4.78, 5) is 6.62. The van der Waals surface area contributed by atoms with Crippen molar-refractivity contribution in [3.8, 4) is 5.75 Å². The van der Waals surface area contributed by atoms with Crippen LogP contribution in [0.4, 0.5) is 0 Å². The first-order chi connectivity index (χ1) is 10.8. The first-order valence-corrected chi connectivity index (χ1v) is 8.04. The highest BCUT2D eigenvalue weighted by Crippen LogP contribution is 2.21. The van der Waals surface area contributed by atoms with Gasteiger partial charge in [-0.2, -0.15) is 5.10 Å². The van der Waals surface area contributed by atoms with Gasteiger partial charge < -0.3 is 9.64 Å². The van der Waals surface area contributed by atoms with Gasteiger partial charge in [-0.15, -0.1) is 0 Å². The molecule has 1 aliphatic heterocycles. The van der Waals surface area contributed by atoms with E-state index in [-0.39, 0.29) is 0 Å². The summed E-state index contributed by atoms with van der Waals surface area (Å²) in [5.41, 5.74) is 1.11. The van der Waals surface area contributed by atoms with Gasteiger partial charge in [-0.3, -0.25) is 9.67 Å². The Morgan fingerprint density at radius 1 is 1.23 bits per heavy atom. The van der Waals surface area contributed by atoms with Gasteiger partial charge in [0, 0.05) is 36.9 Å². The van der Waals surface area contributed by atoms with Crippen LogP contribution in [0.25, 0.3) is 0 Å². The van der Waals surface area contributed by atoms with Crippen molar-refractivity contribution in [2.24, 2.45) is 5.92 Å². The van der Waals surface area contributed by atoms with Crippen molar-refractivity contribution in [3.63, 3.8) is 0 Å². The van der Waals surface area contributed by atoms with Crippen molar-refractivity contribution < 1.29 is 4.74 Å². The van der Waals surface area contributed by atoms with Crippen molar-refractivity contribution in [3.05, 3.63) is 42.5 Å². The van der Waals surface area contributed by atoms with E-state index in [1.165, 1.54) is 12.8 Å². The lowest BCUT2D eigenvalue weighted by Gasteiger charge is -2.31. The average Bonchev–Trinajstić information content (AvgIpc) is 3.07. The van der Waals surface area contributed by atoms with Crippen LogP contribution in [0.5, 0.6) is 5.75 Å². The molecule has 0 radical (unpaired) electrons. The highest BCUT2D eigenvalue weighted by Gasteiger charge is 2.19. The zero-order chi connectivity index (χ0) is 15.2. The van der Waals surface area contributed by atoms with E-state index in [0.717, 1.165) is 44.1 Å². The predicted octanol–water partition coefficient (Wildman–Crippen LogP) is 2.38. The van der Waals surface area contributed by atoms with Gasteiger partial charge in [-0.25, -0.2) is 0 Å². The van der Waals surface area contributed by atoms with Crippen LogP contribution in [-0.4, -0.2) is 45.9 Å². The Bertz CT molecular complexity index is 562. The van der Waals surface area contributed by atoms with Crippen molar-refractivity contribution in [1.82, 2.24) is 19.7 Å². The molecule has 0 unspecified atom stereocenters. The molecule has 1 saturated heterocycles. The molecule has 22 heavy (non-hydrogen) atoms. The molecule has 1 aliphatic rings. The number of piperidine rings is 1. The molecule has 0 bridgehead atoms. The molecule has 0 N–H and O–H groups in total. The molecule has 2 aromatic heterocycles. The summed E-state index contributed by atoms with van der Waals surface area (Å²) in [5.74, 6) is 1.63. The van der Waals surface area contributed by atoms with E-state index in [9.17, 15) is 0 Å². The van der Waals surface area contributed by atoms with E-state index in [2.05, 4.69) is 15.0 Å². The molecule has 0 atom stereocenters. The van der Waals surface area contributed by atoms with E-state index in [1.54, 1.807) is 6.20 Å². The van der Waals surface area contributed by atoms with Crippen molar-refractivity contribution in [2.75, 3.05) is 26.2 Å². The molecule has 0 aliphatic carbocycles. The molecule has 0 saturated carbocycles. The van der Waals surface area contributed by atoms with Crippen LogP contribution >= 0.6 is 0 Å². The van der Waals surface area contributed by atoms with Gasteiger partial charge in [0.1, 0.15) is 5.75 Å². The van der Waals surface area contributed by atoms with E-state index in [4.69, 9.17) is 4.74 Å². The maximum Gasteiger partial charge on any atom is 0.125 e. The molecule has 5 nitrogen and oxygen atoms in total. The molecule has 118 valence electrons. The first-order valence-electron chi connectivity index (χ1n) is 8.04. The maximum absolute atomic E-state index is 5.96. The number of ether oxygens (including phenoxy) is 1. The molecule has 5 heteroatoms. The van der Waals surface area contributed by atoms with Crippen molar-refractivity contribution >= 4 is 0 Å². The minimum atomic E-state index is 0.661. The number of hydrogen-bond acceptors (Lipinski definition) is 4. The maximum atomic E-state index is 5.96.